The molecule has 1 N–H and O–H groups in total. The van der Waals surface area contributed by atoms with Gasteiger partial charge in [-0.25, -0.2) is 0 Å². The number of benzene rings is 1. The van der Waals surface area contributed by atoms with E-state index in [9.17, 15) is 9.59 Å². The molecule has 1 unspecified atom stereocenters. The maximum atomic E-state index is 12.8. The number of ether oxygens (including phenoxy) is 1. The second kappa shape index (κ2) is 10.7. The number of amides is 2. The summed E-state index contributed by atoms with van der Waals surface area (Å²) in [5.41, 5.74) is 1.27. The Morgan fingerprint density at radius 1 is 1.26 bits per heavy atom. The maximum Gasteiger partial charge on any atom is 0.273 e. The molecule has 0 bridgehead atoms. The van der Waals surface area contributed by atoms with Gasteiger partial charge in [-0.2, -0.15) is 0 Å². The number of hydrogen-bond acceptors (Lipinski definition) is 5. The molecule has 1 aliphatic rings. The molecule has 2 heterocycles. The van der Waals surface area contributed by atoms with Crippen molar-refractivity contribution in [3.8, 4) is 5.75 Å². The fraction of sp³-hybridized carbons (Fsp3) is 0.478. The lowest BCUT2D eigenvalue weighted by molar-refractivity contribution is -0.129. The molecule has 0 aliphatic carbocycles. The summed E-state index contributed by atoms with van der Waals surface area (Å²) in [6.45, 7) is 5.18. The Bertz CT molecular complexity index is 904. The monoisotopic (exact) mass is 425 g/mol. The Morgan fingerprint density at radius 2 is 2.03 bits per heavy atom. The Kier molecular flexibility index (Phi) is 7.81. The van der Waals surface area contributed by atoms with Crippen molar-refractivity contribution in [2.45, 2.75) is 58.2 Å². The van der Waals surface area contributed by atoms with Gasteiger partial charge in [0, 0.05) is 31.2 Å². The standard InChI is InChI=1S/C23H31N5O3/c1-17(2)24-23(30)21-16-27(26-25-21)15-13-19-6-4-5-14-28(19)22(29)12-9-18-7-10-20(31-3)11-8-18/h7-12,16-17,19H,4-6,13-15H2,1-3H3,(H,24,30). The quantitative estimate of drug-likeness (QED) is 0.657. The molecule has 3 rings (SSSR count). The van der Waals surface area contributed by atoms with Crippen molar-refractivity contribution in [3.63, 3.8) is 0 Å². The van der Waals surface area contributed by atoms with E-state index >= 15 is 0 Å². The van der Waals surface area contributed by atoms with Crippen LogP contribution in [0.1, 0.15) is 55.6 Å². The largest absolute Gasteiger partial charge is 0.497 e. The summed E-state index contributed by atoms with van der Waals surface area (Å²) in [6.07, 6.45) is 9.01. The zero-order valence-electron chi connectivity index (χ0n) is 18.5. The first-order valence-corrected chi connectivity index (χ1v) is 10.8. The Hall–Kier alpha value is -3.16. The maximum absolute atomic E-state index is 12.8. The Morgan fingerprint density at radius 3 is 2.74 bits per heavy atom. The van der Waals surface area contributed by atoms with E-state index in [1.807, 2.05) is 49.1 Å². The second-order valence-corrected chi connectivity index (χ2v) is 8.07. The molecular weight excluding hydrogens is 394 g/mol. The van der Waals surface area contributed by atoms with Crippen molar-refractivity contribution in [2.75, 3.05) is 13.7 Å². The zero-order chi connectivity index (χ0) is 22.2. The number of nitrogens with zero attached hydrogens (tertiary/aromatic N) is 4. The van der Waals surface area contributed by atoms with Crippen molar-refractivity contribution in [1.82, 2.24) is 25.2 Å². The van der Waals surface area contributed by atoms with Crippen LogP contribution in [0.4, 0.5) is 0 Å². The van der Waals surface area contributed by atoms with Gasteiger partial charge < -0.3 is 15.0 Å². The number of methoxy groups -OCH3 is 1. The molecule has 8 heteroatoms. The van der Waals surface area contributed by atoms with Crippen LogP contribution in [0.25, 0.3) is 6.08 Å². The van der Waals surface area contributed by atoms with Gasteiger partial charge in [-0.1, -0.05) is 17.3 Å². The van der Waals surface area contributed by atoms with Crippen LogP contribution in [0.15, 0.2) is 36.5 Å². The number of likely N-dealkylation sites (tertiary alicyclic amines) is 1. The van der Waals surface area contributed by atoms with E-state index in [0.717, 1.165) is 43.5 Å². The van der Waals surface area contributed by atoms with E-state index in [0.29, 0.717) is 12.2 Å². The van der Waals surface area contributed by atoms with Gasteiger partial charge >= 0.3 is 0 Å². The Labute approximate surface area is 183 Å². The van der Waals surface area contributed by atoms with Gasteiger partial charge in [-0.15, -0.1) is 5.10 Å². The average molecular weight is 426 g/mol. The van der Waals surface area contributed by atoms with Crippen LogP contribution in [0.5, 0.6) is 5.75 Å². The summed E-state index contributed by atoms with van der Waals surface area (Å²) >= 11 is 0. The molecule has 2 aromatic rings. The van der Waals surface area contributed by atoms with Crippen LogP contribution in [0.2, 0.25) is 0 Å². The van der Waals surface area contributed by atoms with Crippen molar-refractivity contribution >= 4 is 17.9 Å². The number of hydrogen-bond donors (Lipinski definition) is 1. The molecule has 0 saturated carbocycles. The summed E-state index contributed by atoms with van der Waals surface area (Å²) in [5.74, 6) is 0.591. The van der Waals surface area contributed by atoms with Crippen LogP contribution in [-0.4, -0.2) is 57.4 Å². The summed E-state index contributed by atoms with van der Waals surface area (Å²) in [4.78, 5) is 26.8. The lowest BCUT2D eigenvalue weighted by atomic mass is 9.99. The highest BCUT2D eigenvalue weighted by Crippen LogP contribution is 2.21. The van der Waals surface area contributed by atoms with Gasteiger partial charge in [0.15, 0.2) is 5.69 Å². The van der Waals surface area contributed by atoms with Gasteiger partial charge in [0.25, 0.3) is 5.91 Å². The predicted molar refractivity (Wildman–Crippen MR) is 119 cm³/mol. The zero-order valence-corrected chi connectivity index (χ0v) is 18.5. The highest BCUT2D eigenvalue weighted by molar-refractivity contribution is 5.92. The Balaban J connectivity index is 1.57. The van der Waals surface area contributed by atoms with E-state index in [-0.39, 0.29) is 23.9 Å². The van der Waals surface area contributed by atoms with E-state index in [1.165, 1.54) is 0 Å². The normalized spacial score (nSPS) is 16.6. The first-order valence-electron chi connectivity index (χ1n) is 10.8. The van der Waals surface area contributed by atoms with Crippen LogP contribution < -0.4 is 10.1 Å². The molecule has 8 nitrogen and oxygen atoms in total. The van der Waals surface area contributed by atoms with E-state index in [2.05, 4.69) is 15.6 Å². The smallest absolute Gasteiger partial charge is 0.273 e. The minimum absolute atomic E-state index is 0.0242. The van der Waals surface area contributed by atoms with E-state index in [4.69, 9.17) is 4.74 Å². The average Bonchev–Trinajstić information content (AvgIpc) is 3.25. The van der Waals surface area contributed by atoms with Crippen molar-refractivity contribution in [3.05, 3.63) is 47.8 Å². The summed E-state index contributed by atoms with van der Waals surface area (Å²) in [7, 11) is 1.63. The molecular formula is C23H31N5O3. The number of rotatable bonds is 8. The molecule has 31 heavy (non-hydrogen) atoms. The topological polar surface area (TPSA) is 89.4 Å². The van der Waals surface area contributed by atoms with Crippen LogP contribution in [0.3, 0.4) is 0 Å². The fourth-order valence-electron chi connectivity index (χ4n) is 3.70. The van der Waals surface area contributed by atoms with Crippen molar-refractivity contribution in [2.24, 2.45) is 0 Å². The molecule has 166 valence electrons. The third-order valence-corrected chi connectivity index (χ3v) is 5.33. The van der Waals surface area contributed by atoms with Gasteiger partial charge in [-0.3, -0.25) is 14.3 Å². The lowest BCUT2D eigenvalue weighted by Crippen LogP contribution is -2.43. The number of carbonyl (C=O) groups excluding carboxylic acids is 2. The van der Waals surface area contributed by atoms with E-state index < -0.39 is 0 Å². The number of piperidine rings is 1. The highest BCUT2D eigenvalue weighted by atomic mass is 16.5. The third-order valence-electron chi connectivity index (χ3n) is 5.33. The number of aromatic nitrogens is 3. The molecule has 1 fully saturated rings. The van der Waals surface area contributed by atoms with Crippen LogP contribution in [0, 0.1) is 0 Å². The molecule has 1 saturated heterocycles. The molecule has 0 radical (unpaired) electrons. The summed E-state index contributed by atoms with van der Waals surface area (Å²) < 4.78 is 6.85. The second-order valence-electron chi connectivity index (χ2n) is 8.07. The van der Waals surface area contributed by atoms with Crippen molar-refractivity contribution < 1.29 is 14.3 Å². The minimum Gasteiger partial charge on any atom is -0.497 e. The summed E-state index contributed by atoms with van der Waals surface area (Å²) in [5, 5.41) is 10.8. The summed E-state index contributed by atoms with van der Waals surface area (Å²) in [6, 6.07) is 7.80. The SMILES string of the molecule is COc1ccc(C=CC(=O)N2CCCCC2CCn2cc(C(=O)NC(C)C)nn2)cc1. The van der Waals surface area contributed by atoms with E-state index in [1.54, 1.807) is 24.1 Å². The minimum atomic E-state index is -0.223. The number of aryl methyl sites for hydroxylation is 1. The molecule has 1 aromatic carbocycles. The molecule has 1 aliphatic heterocycles. The van der Waals surface area contributed by atoms with Gasteiger partial charge in [0.1, 0.15) is 5.75 Å². The number of nitrogens with one attached hydrogen (secondary N) is 1. The first-order chi connectivity index (χ1) is 15.0. The van der Waals surface area contributed by atoms with Gasteiger partial charge in [0.2, 0.25) is 5.91 Å². The molecule has 1 atom stereocenters. The predicted octanol–water partition coefficient (Wildman–Crippen LogP) is 2.91. The molecule has 1 aromatic heterocycles. The fourth-order valence-corrected chi connectivity index (χ4v) is 3.70. The van der Waals surface area contributed by atoms with Gasteiger partial charge in [0.05, 0.1) is 13.3 Å². The lowest BCUT2D eigenvalue weighted by Gasteiger charge is -2.35. The van der Waals surface area contributed by atoms with Crippen molar-refractivity contribution in [1.29, 1.82) is 0 Å². The van der Waals surface area contributed by atoms with Crippen LogP contribution >= 0.6 is 0 Å². The highest BCUT2D eigenvalue weighted by Gasteiger charge is 2.25. The third kappa shape index (κ3) is 6.41. The van der Waals surface area contributed by atoms with Crippen LogP contribution in [-0.2, 0) is 11.3 Å². The van der Waals surface area contributed by atoms with Gasteiger partial charge in [-0.05, 0) is 63.3 Å². The number of carbonyl (C=O) groups is 2. The molecule has 0 spiro atoms. The first kappa shape index (κ1) is 22.5. The molecule has 2 amide bonds.